The molecule has 1 aromatic carbocycles. The van der Waals surface area contributed by atoms with Crippen molar-refractivity contribution in [1.82, 2.24) is 30.1 Å². The number of H-pyrrole nitrogens is 1. The molecule has 3 aliphatic rings. The van der Waals surface area contributed by atoms with Crippen molar-refractivity contribution < 1.29 is 14.2 Å². The SMILES string of the molecule is CC1CCN([C@@H](c2cc3cc4c(cc3[nH]c2=O)OCO4)c2nnnn2C[C@@H]2CCCO2)CC1. The number of piperidine rings is 1. The number of aromatic nitrogens is 5. The summed E-state index contributed by atoms with van der Waals surface area (Å²) in [7, 11) is 0. The van der Waals surface area contributed by atoms with E-state index in [9.17, 15) is 4.79 Å². The van der Waals surface area contributed by atoms with Gasteiger partial charge in [-0.25, -0.2) is 4.68 Å². The van der Waals surface area contributed by atoms with Crippen LogP contribution in [0.5, 0.6) is 11.5 Å². The molecule has 5 heterocycles. The van der Waals surface area contributed by atoms with Gasteiger partial charge in [-0.3, -0.25) is 9.69 Å². The van der Waals surface area contributed by atoms with E-state index in [1.807, 2.05) is 22.9 Å². The second-order valence-corrected chi connectivity index (χ2v) is 9.32. The van der Waals surface area contributed by atoms with Gasteiger partial charge in [0.1, 0.15) is 6.04 Å². The molecule has 2 fully saturated rings. The average molecular weight is 453 g/mol. The van der Waals surface area contributed by atoms with Crippen molar-refractivity contribution in [2.45, 2.75) is 51.3 Å². The first-order valence-corrected chi connectivity index (χ1v) is 11.7. The number of fused-ring (bicyclic) bond motifs is 2. The zero-order valence-electron chi connectivity index (χ0n) is 18.7. The Morgan fingerprint density at radius 2 is 1.97 bits per heavy atom. The maximum Gasteiger partial charge on any atom is 0.253 e. The Hall–Kier alpha value is -2.98. The Morgan fingerprint density at radius 3 is 2.76 bits per heavy atom. The Bertz CT molecular complexity index is 1210. The summed E-state index contributed by atoms with van der Waals surface area (Å²) in [5.41, 5.74) is 1.22. The van der Waals surface area contributed by atoms with E-state index in [-0.39, 0.29) is 24.5 Å². The van der Waals surface area contributed by atoms with E-state index in [0.29, 0.717) is 35.3 Å². The lowest BCUT2D eigenvalue weighted by molar-refractivity contribution is 0.0894. The smallest absolute Gasteiger partial charge is 0.253 e. The highest BCUT2D eigenvalue weighted by atomic mass is 16.7. The number of tetrazole rings is 1. The molecule has 2 aromatic heterocycles. The molecular weight excluding hydrogens is 424 g/mol. The zero-order valence-corrected chi connectivity index (χ0v) is 18.7. The van der Waals surface area contributed by atoms with Crippen LogP contribution in [-0.2, 0) is 11.3 Å². The molecule has 33 heavy (non-hydrogen) atoms. The number of likely N-dealkylation sites (tertiary alicyclic amines) is 1. The normalized spacial score (nSPS) is 22.3. The van der Waals surface area contributed by atoms with Crippen molar-refractivity contribution in [3.05, 3.63) is 39.9 Å². The molecule has 0 saturated carbocycles. The summed E-state index contributed by atoms with van der Waals surface area (Å²) >= 11 is 0. The van der Waals surface area contributed by atoms with E-state index in [0.717, 1.165) is 56.3 Å². The minimum atomic E-state index is -0.340. The Balaban J connectivity index is 1.44. The molecule has 2 saturated heterocycles. The lowest BCUT2D eigenvalue weighted by atomic mass is 9.95. The van der Waals surface area contributed by atoms with Crippen LogP contribution < -0.4 is 15.0 Å². The molecule has 1 N–H and O–H groups in total. The number of hydrogen-bond acceptors (Lipinski definition) is 8. The molecule has 10 heteroatoms. The highest BCUT2D eigenvalue weighted by Gasteiger charge is 2.33. The topological polar surface area (TPSA) is 107 Å². The van der Waals surface area contributed by atoms with Crippen molar-refractivity contribution in [2.24, 2.45) is 5.92 Å². The van der Waals surface area contributed by atoms with E-state index in [2.05, 4.69) is 32.3 Å². The maximum absolute atomic E-state index is 13.4. The number of hydrogen-bond donors (Lipinski definition) is 1. The summed E-state index contributed by atoms with van der Waals surface area (Å²) < 4.78 is 18.7. The van der Waals surface area contributed by atoms with Crippen molar-refractivity contribution >= 4 is 10.9 Å². The second kappa shape index (κ2) is 8.42. The highest BCUT2D eigenvalue weighted by Crippen LogP contribution is 2.37. The van der Waals surface area contributed by atoms with Gasteiger partial charge in [-0.1, -0.05) is 6.92 Å². The molecule has 0 spiro atoms. The van der Waals surface area contributed by atoms with Crippen LogP contribution in [0.3, 0.4) is 0 Å². The van der Waals surface area contributed by atoms with Crippen molar-refractivity contribution in [3.63, 3.8) is 0 Å². The van der Waals surface area contributed by atoms with Gasteiger partial charge in [0, 0.05) is 23.6 Å². The lowest BCUT2D eigenvalue weighted by Gasteiger charge is -2.36. The monoisotopic (exact) mass is 452 g/mol. The Labute approximate surface area is 190 Å². The number of ether oxygens (including phenoxy) is 3. The van der Waals surface area contributed by atoms with Gasteiger partial charge in [0.2, 0.25) is 6.79 Å². The predicted molar refractivity (Wildman–Crippen MR) is 119 cm³/mol. The molecule has 0 aliphatic carbocycles. The van der Waals surface area contributed by atoms with E-state index in [1.54, 1.807) is 0 Å². The number of aromatic amines is 1. The third-order valence-electron chi connectivity index (χ3n) is 7.05. The molecule has 0 unspecified atom stereocenters. The third-order valence-corrected chi connectivity index (χ3v) is 7.05. The van der Waals surface area contributed by atoms with E-state index < -0.39 is 0 Å². The first-order valence-electron chi connectivity index (χ1n) is 11.7. The fourth-order valence-corrected chi connectivity index (χ4v) is 5.12. The van der Waals surface area contributed by atoms with E-state index in [4.69, 9.17) is 14.2 Å². The zero-order chi connectivity index (χ0) is 22.4. The summed E-state index contributed by atoms with van der Waals surface area (Å²) in [4.78, 5) is 18.8. The number of nitrogens with zero attached hydrogens (tertiary/aromatic N) is 5. The molecule has 0 bridgehead atoms. The Morgan fingerprint density at radius 1 is 1.15 bits per heavy atom. The van der Waals surface area contributed by atoms with Crippen molar-refractivity contribution in [1.29, 1.82) is 0 Å². The van der Waals surface area contributed by atoms with Crippen LogP contribution in [0.2, 0.25) is 0 Å². The summed E-state index contributed by atoms with van der Waals surface area (Å²) in [6.45, 7) is 5.60. The molecule has 0 amide bonds. The van der Waals surface area contributed by atoms with Crippen molar-refractivity contribution in [3.8, 4) is 11.5 Å². The third kappa shape index (κ3) is 3.87. The first-order chi connectivity index (χ1) is 16.2. The summed E-state index contributed by atoms with van der Waals surface area (Å²) in [6, 6.07) is 5.35. The standard InChI is InChI=1S/C23H28N6O4/c1-14-4-6-28(7-5-14)21(22-25-26-27-29(22)12-16-3-2-8-31-16)17-9-15-10-19-20(33-13-32-19)11-18(15)24-23(17)30/h9-11,14,16,21H,2-8,12-13H2,1H3,(H,24,30)/t16-,21-/m0/s1. The van der Waals surface area contributed by atoms with Crippen LogP contribution in [0, 0.1) is 5.92 Å². The number of pyridine rings is 1. The molecule has 2 atom stereocenters. The fraction of sp³-hybridized carbons (Fsp3) is 0.565. The number of nitrogens with one attached hydrogen (secondary N) is 1. The van der Waals surface area contributed by atoms with Crippen LogP contribution in [0.25, 0.3) is 10.9 Å². The molecule has 0 radical (unpaired) electrons. The van der Waals surface area contributed by atoms with Gasteiger partial charge >= 0.3 is 0 Å². The lowest BCUT2D eigenvalue weighted by Crippen LogP contribution is -2.40. The quantitative estimate of drug-likeness (QED) is 0.628. The minimum Gasteiger partial charge on any atom is -0.454 e. The first kappa shape index (κ1) is 20.6. The molecular formula is C23H28N6O4. The molecule has 3 aromatic rings. The van der Waals surface area contributed by atoms with E-state index >= 15 is 0 Å². The van der Waals surface area contributed by atoms with Gasteiger partial charge in [0.15, 0.2) is 17.3 Å². The van der Waals surface area contributed by atoms with Gasteiger partial charge in [0.05, 0.1) is 18.2 Å². The van der Waals surface area contributed by atoms with Crippen LogP contribution in [0.15, 0.2) is 23.0 Å². The van der Waals surface area contributed by atoms with Crippen LogP contribution in [0.1, 0.15) is 50.0 Å². The maximum atomic E-state index is 13.4. The van der Waals surface area contributed by atoms with Gasteiger partial charge in [-0.05, 0) is 67.3 Å². The Kier molecular flexibility index (Phi) is 5.26. The molecule has 10 nitrogen and oxygen atoms in total. The fourth-order valence-electron chi connectivity index (χ4n) is 5.12. The average Bonchev–Trinajstić information content (AvgIpc) is 3.57. The highest BCUT2D eigenvalue weighted by molar-refractivity contribution is 5.83. The number of rotatable bonds is 5. The summed E-state index contributed by atoms with van der Waals surface area (Å²) in [5, 5.41) is 13.6. The van der Waals surface area contributed by atoms with Gasteiger partial charge in [-0.2, -0.15) is 0 Å². The molecule has 6 rings (SSSR count). The largest absolute Gasteiger partial charge is 0.454 e. The summed E-state index contributed by atoms with van der Waals surface area (Å²) in [6.07, 6.45) is 4.30. The van der Waals surface area contributed by atoms with E-state index in [1.165, 1.54) is 0 Å². The molecule has 174 valence electrons. The van der Waals surface area contributed by atoms with Gasteiger partial charge in [-0.15, -0.1) is 5.10 Å². The second-order valence-electron chi connectivity index (χ2n) is 9.32. The van der Waals surface area contributed by atoms with Crippen LogP contribution in [0.4, 0.5) is 0 Å². The number of benzene rings is 1. The minimum absolute atomic E-state index is 0.101. The van der Waals surface area contributed by atoms with Gasteiger partial charge in [0.25, 0.3) is 5.56 Å². The van der Waals surface area contributed by atoms with Crippen molar-refractivity contribution in [2.75, 3.05) is 26.5 Å². The van der Waals surface area contributed by atoms with Gasteiger partial charge < -0.3 is 19.2 Å². The van der Waals surface area contributed by atoms with Crippen LogP contribution >= 0.6 is 0 Å². The summed E-state index contributed by atoms with van der Waals surface area (Å²) in [5.74, 6) is 2.69. The predicted octanol–water partition coefficient (Wildman–Crippen LogP) is 2.24. The van der Waals surface area contributed by atoms with Crippen LogP contribution in [-0.4, -0.2) is 62.7 Å². The molecule has 3 aliphatic heterocycles.